The first-order chi connectivity index (χ1) is 10.7. The maximum atomic E-state index is 13.4. The van der Waals surface area contributed by atoms with Crippen LogP contribution in [-0.4, -0.2) is 17.1 Å². The van der Waals surface area contributed by atoms with Crippen molar-refractivity contribution in [3.8, 4) is 0 Å². The fraction of sp³-hybridized carbons (Fsp3) is 0. The molecule has 0 aliphatic rings. The first-order valence-electron chi connectivity index (χ1n) is 6.67. The molecule has 5 heteroatoms. The molecule has 0 saturated heterocycles. The highest BCUT2D eigenvalue weighted by Crippen LogP contribution is 2.13. The number of pyridine rings is 1. The third-order valence-corrected chi connectivity index (χ3v) is 3.14. The summed E-state index contributed by atoms with van der Waals surface area (Å²) in [6, 6.07) is 15.1. The van der Waals surface area contributed by atoms with Crippen molar-refractivity contribution in [1.29, 1.82) is 0 Å². The van der Waals surface area contributed by atoms with Gasteiger partial charge in [0.05, 0.1) is 11.7 Å². The lowest BCUT2D eigenvalue weighted by atomic mass is 10.1. The molecule has 0 fully saturated rings. The van der Waals surface area contributed by atoms with E-state index in [-0.39, 0.29) is 5.91 Å². The highest BCUT2D eigenvalue weighted by molar-refractivity contribution is 5.98. The van der Waals surface area contributed by atoms with Gasteiger partial charge in [-0.1, -0.05) is 24.3 Å². The van der Waals surface area contributed by atoms with E-state index >= 15 is 0 Å². The molecular formula is C17H12FN3O. The van der Waals surface area contributed by atoms with Gasteiger partial charge in [0.15, 0.2) is 0 Å². The van der Waals surface area contributed by atoms with E-state index in [2.05, 4.69) is 15.5 Å². The van der Waals surface area contributed by atoms with Gasteiger partial charge in [0.2, 0.25) is 0 Å². The van der Waals surface area contributed by atoms with Gasteiger partial charge in [0.25, 0.3) is 5.91 Å². The molecule has 0 aliphatic carbocycles. The average Bonchev–Trinajstić information content (AvgIpc) is 2.56. The van der Waals surface area contributed by atoms with Crippen molar-refractivity contribution < 1.29 is 9.18 Å². The number of rotatable bonds is 3. The van der Waals surface area contributed by atoms with Gasteiger partial charge in [-0.25, -0.2) is 9.82 Å². The number of halogens is 1. The molecule has 2 aromatic carbocycles. The van der Waals surface area contributed by atoms with Crippen molar-refractivity contribution in [2.45, 2.75) is 0 Å². The monoisotopic (exact) mass is 293 g/mol. The second-order valence-corrected chi connectivity index (χ2v) is 4.63. The number of hydrazone groups is 1. The minimum atomic E-state index is -0.391. The molecule has 1 amide bonds. The standard InChI is InChI=1S/C17H12FN3O/c18-15-6-2-1-4-14(15)11-20-21-17(22)13-7-8-16-12(10-13)5-3-9-19-16/h1-11H,(H,21,22)/b20-11+. The van der Waals surface area contributed by atoms with Gasteiger partial charge in [-0.05, 0) is 30.3 Å². The highest BCUT2D eigenvalue weighted by atomic mass is 19.1. The van der Waals surface area contributed by atoms with Gasteiger partial charge in [0, 0.05) is 22.7 Å². The van der Waals surface area contributed by atoms with Crippen LogP contribution in [0.5, 0.6) is 0 Å². The number of hydrogen-bond donors (Lipinski definition) is 1. The lowest BCUT2D eigenvalue weighted by molar-refractivity contribution is 0.0955. The molecule has 4 nitrogen and oxygen atoms in total. The fourth-order valence-electron chi connectivity index (χ4n) is 2.02. The molecule has 108 valence electrons. The number of hydrogen-bond acceptors (Lipinski definition) is 3. The van der Waals surface area contributed by atoms with Gasteiger partial charge in [-0.3, -0.25) is 9.78 Å². The molecule has 0 unspecified atom stereocenters. The normalized spacial score (nSPS) is 11.0. The van der Waals surface area contributed by atoms with Crippen molar-refractivity contribution >= 4 is 23.0 Å². The Morgan fingerprint density at radius 1 is 1.14 bits per heavy atom. The summed E-state index contributed by atoms with van der Waals surface area (Å²) < 4.78 is 13.4. The Labute approximate surface area is 126 Å². The lowest BCUT2D eigenvalue weighted by Gasteiger charge is -2.02. The smallest absolute Gasteiger partial charge is 0.267 e. The predicted molar refractivity (Wildman–Crippen MR) is 83.2 cm³/mol. The first-order valence-corrected chi connectivity index (χ1v) is 6.67. The number of benzene rings is 2. The zero-order valence-corrected chi connectivity index (χ0v) is 11.5. The molecule has 0 aliphatic heterocycles. The van der Waals surface area contributed by atoms with E-state index < -0.39 is 5.82 Å². The Morgan fingerprint density at radius 2 is 2.00 bits per heavy atom. The summed E-state index contributed by atoms with van der Waals surface area (Å²) in [4.78, 5) is 16.2. The average molecular weight is 293 g/mol. The zero-order chi connectivity index (χ0) is 15.4. The molecule has 1 N–H and O–H groups in total. The van der Waals surface area contributed by atoms with Crippen LogP contribution in [0.4, 0.5) is 4.39 Å². The van der Waals surface area contributed by atoms with Crippen molar-refractivity contribution in [2.75, 3.05) is 0 Å². The Kier molecular flexibility index (Phi) is 3.87. The Bertz CT molecular complexity index is 861. The van der Waals surface area contributed by atoms with Crippen molar-refractivity contribution in [3.05, 3.63) is 77.7 Å². The van der Waals surface area contributed by atoms with Crippen LogP contribution in [0, 0.1) is 5.82 Å². The summed E-state index contributed by atoms with van der Waals surface area (Å²) in [6.07, 6.45) is 2.97. The topological polar surface area (TPSA) is 54.4 Å². The van der Waals surface area contributed by atoms with Crippen LogP contribution in [0.3, 0.4) is 0 Å². The highest BCUT2D eigenvalue weighted by Gasteiger charge is 2.05. The minimum Gasteiger partial charge on any atom is -0.267 e. The molecule has 1 heterocycles. The Balaban J connectivity index is 1.74. The molecule has 22 heavy (non-hydrogen) atoms. The first kappa shape index (κ1) is 13.9. The van der Waals surface area contributed by atoms with E-state index in [1.165, 1.54) is 12.3 Å². The summed E-state index contributed by atoms with van der Waals surface area (Å²) in [6.45, 7) is 0. The molecule has 3 aromatic rings. The van der Waals surface area contributed by atoms with Crippen LogP contribution in [0.15, 0.2) is 65.9 Å². The Morgan fingerprint density at radius 3 is 2.86 bits per heavy atom. The van der Waals surface area contributed by atoms with Crippen molar-refractivity contribution in [2.24, 2.45) is 5.10 Å². The Hall–Kier alpha value is -3.08. The maximum absolute atomic E-state index is 13.4. The number of nitrogens with one attached hydrogen (secondary N) is 1. The van der Waals surface area contributed by atoms with E-state index in [0.29, 0.717) is 11.1 Å². The van der Waals surface area contributed by atoms with E-state index in [9.17, 15) is 9.18 Å². The number of carbonyl (C=O) groups is 1. The number of aromatic nitrogens is 1. The molecule has 0 spiro atoms. The van der Waals surface area contributed by atoms with Gasteiger partial charge in [-0.2, -0.15) is 5.10 Å². The molecule has 0 atom stereocenters. The van der Waals surface area contributed by atoms with E-state index in [1.54, 1.807) is 48.7 Å². The van der Waals surface area contributed by atoms with Crippen LogP contribution in [0.1, 0.15) is 15.9 Å². The van der Waals surface area contributed by atoms with E-state index in [1.807, 2.05) is 6.07 Å². The van der Waals surface area contributed by atoms with E-state index in [0.717, 1.165) is 10.9 Å². The summed E-state index contributed by atoms with van der Waals surface area (Å²) in [5.41, 5.74) is 3.97. The van der Waals surface area contributed by atoms with Gasteiger partial charge >= 0.3 is 0 Å². The summed E-state index contributed by atoms with van der Waals surface area (Å²) >= 11 is 0. The maximum Gasteiger partial charge on any atom is 0.271 e. The third-order valence-electron chi connectivity index (χ3n) is 3.14. The zero-order valence-electron chi connectivity index (χ0n) is 11.5. The van der Waals surface area contributed by atoms with Crippen molar-refractivity contribution in [1.82, 2.24) is 10.4 Å². The summed E-state index contributed by atoms with van der Waals surface area (Å²) in [5.74, 6) is -0.754. The van der Waals surface area contributed by atoms with Crippen LogP contribution in [-0.2, 0) is 0 Å². The largest absolute Gasteiger partial charge is 0.271 e. The predicted octanol–water partition coefficient (Wildman–Crippen LogP) is 3.14. The third kappa shape index (κ3) is 2.98. The second-order valence-electron chi connectivity index (χ2n) is 4.63. The quantitative estimate of drug-likeness (QED) is 0.596. The second kappa shape index (κ2) is 6.13. The minimum absolute atomic E-state index is 0.311. The van der Waals surface area contributed by atoms with Gasteiger partial charge in [-0.15, -0.1) is 0 Å². The van der Waals surface area contributed by atoms with Crippen LogP contribution in [0.25, 0.3) is 10.9 Å². The van der Waals surface area contributed by atoms with Crippen LogP contribution in [0.2, 0.25) is 0 Å². The molecular weight excluding hydrogens is 281 g/mol. The summed E-state index contributed by atoms with van der Waals surface area (Å²) in [7, 11) is 0. The summed E-state index contributed by atoms with van der Waals surface area (Å²) in [5, 5.41) is 4.65. The van der Waals surface area contributed by atoms with Crippen LogP contribution >= 0.6 is 0 Å². The number of fused-ring (bicyclic) bond motifs is 1. The van der Waals surface area contributed by atoms with Gasteiger partial charge < -0.3 is 0 Å². The number of carbonyl (C=O) groups excluding carboxylic acids is 1. The van der Waals surface area contributed by atoms with Gasteiger partial charge in [0.1, 0.15) is 5.82 Å². The van der Waals surface area contributed by atoms with E-state index in [4.69, 9.17) is 0 Å². The molecule has 0 radical (unpaired) electrons. The number of nitrogens with zero attached hydrogens (tertiary/aromatic N) is 2. The van der Waals surface area contributed by atoms with Crippen molar-refractivity contribution in [3.63, 3.8) is 0 Å². The molecule has 0 saturated carbocycles. The molecule has 1 aromatic heterocycles. The molecule has 3 rings (SSSR count). The van der Waals surface area contributed by atoms with Crippen LogP contribution < -0.4 is 5.43 Å². The SMILES string of the molecule is O=C(N/N=C/c1ccccc1F)c1ccc2ncccc2c1. The molecule has 0 bridgehead atoms. The fourth-order valence-corrected chi connectivity index (χ4v) is 2.02. The number of amides is 1. The lowest BCUT2D eigenvalue weighted by Crippen LogP contribution is -2.17.